The van der Waals surface area contributed by atoms with Crippen molar-refractivity contribution in [2.24, 2.45) is 5.92 Å². The summed E-state index contributed by atoms with van der Waals surface area (Å²) in [6.07, 6.45) is 1.84. The van der Waals surface area contributed by atoms with Gasteiger partial charge in [-0.15, -0.1) is 0 Å². The van der Waals surface area contributed by atoms with E-state index in [2.05, 4.69) is 29.5 Å². The number of hydrogen-bond donors (Lipinski definition) is 0. The lowest BCUT2D eigenvalue weighted by Crippen LogP contribution is -2.38. The molecule has 1 aliphatic heterocycles. The zero-order valence-electron chi connectivity index (χ0n) is 11.1. The first-order valence-corrected chi connectivity index (χ1v) is 8.80. The summed E-state index contributed by atoms with van der Waals surface area (Å²) in [4.78, 5) is 0.274. The van der Waals surface area contributed by atoms with Gasteiger partial charge in [-0.2, -0.15) is 4.31 Å². The van der Waals surface area contributed by atoms with Crippen LogP contribution in [0, 0.1) is 9.49 Å². The van der Waals surface area contributed by atoms with Crippen LogP contribution in [0.3, 0.4) is 0 Å². The lowest BCUT2D eigenvalue weighted by molar-refractivity contribution is 0.287. The van der Waals surface area contributed by atoms with Crippen LogP contribution >= 0.6 is 22.6 Å². The van der Waals surface area contributed by atoms with Gasteiger partial charge in [0.25, 0.3) is 0 Å². The molecule has 1 heterocycles. The highest BCUT2D eigenvalue weighted by atomic mass is 127. The molecule has 4 nitrogen and oxygen atoms in total. The molecule has 1 aromatic rings. The second-order valence-corrected chi connectivity index (χ2v) is 8.03. The molecule has 0 radical (unpaired) electrons. The number of halogens is 1. The third kappa shape index (κ3) is 3.22. The third-order valence-electron chi connectivity index (χ3n) is 3.49. The Kier molecular flexibility index (Phi) is 4.73. The van der Waals surface area contributed by atoms with Crippen molar-refractivity contribution in [1.82, 2.24) is 4.31 Å². The van der Waals surface area contributed by atoms with Crippen molar-refractivity contribution in [3.63, 3.8) is 0 Å². The molecule has 1 aliphatic rings. The van der Waals surface area contributed by atoms with Gasteiger partial charge in [-0.1, -0.05) is 6.92 Å². The van der Waals surface area contributed by atoms with Gasteiger partial charge in [0.1, 0.15) is 10.6 Å². The van der Waals surface area contributed by atoms with Crippen molar-refractivity contribution in [3.05, 3.63) is 21.8 Å². The van der Waals surface area contributed by atoms with E-state index < -0.39 is 10.0 Å². The summed E-state index contributed by atoms with van der Waals surface area (Å²) in [6, 6.07) is 5.23. The summed E-state index contributed by atoms with van der Waals surface area (Å²) in [6.45, 7) is 3.35. The van der Waals surface area contributed by atoms with Gasteiger partial charge in [-0.05, 0) is 59.5 Å². The summed E-state index contributed by atoms with van der Waals surface area (Å²) in [5.74, 6) is 1.02. The number of ether oxygens (including phenoxy) is 1. The number of nitrogens with zero attached hydrogens (tertiary/aromatic N) is 1. The first kappa shape index (κ1) is 15.1. The van der Waals surface area contributed by atoms with Crippen molar-refractivity contribution in [3.8, 4) is 5.75 Å². The molecule has 0 aliphatic carbocycles. The van der Waals surface area contributed by atoms with Crippen LogP contribution in [0.15, 0.2) is 23.1 Å². The highest BCUT2D eigenvalue weighted by molar-refractivity contribution is 14.1. The Morgan fingerprint density at radius 1 is 1.32 bits per heavy atom. The van der Waals surface area contributed by atoms with Gasteiger partial charge < -0.3 is 4.74 Å². The maximum Gasteiger partial charge on any atom is 0.246 e. The molecule has 0 spiro atoms. The van der Waals surface area contributed by atoms with E-state index in [4.69, 9.17) is 4.74 Å². The average Bonchev–Trinajstić information content (AvgIpc) is 2.39. The fourth-order valence-corrected chi connectivity index (χ4v) is 4.57. The second kappa shape index (κ2) is 5.97. The normalized spacial score (nSPS) is 18.5. The Hall–Kier alpha value is -0.340. The van der Waals surface area contributed by atoms with E-state index in [-0.39, 0.29) is 4.90 Å². The standard InChI is InChI=1S/C13H18INO3S/c1-10-5-7-15(8-6-10)19(16,17)13-9-11(14)3-4-12(13)18-2/h3-4,9-10H,5-8H2,1-2H3. The minimum Gasteiger partial charge on any atom is -0.495 e. The van der Waals surface area contributed by atoms with Crippen molar-refractivity contribution in [2.45, 2.75) is 24.7 Å². The lowest BCUT2D eigenvalue weighted by Gasteiger charge is -2.29. The highest BCUT2D eigenvalue weighted by Crippen LogP contribution is 2.30. The van der Waals surface area contributed by atoms with Crippen LogP contribution in [-0.2, 0) is 10.0 Å². The summed E-state index contributed by atoms with van der Waals surface area (Å²) in [5, 5.41) is 0. The third-order valence-corrected chi connectivity index (χ3v) is 6.08. The Morgan fingerprint density at radius 3 is 2.53 bits per heavy atom. The van der Waals surface area contributed by atoms with Crippen LogP contribution in [0.5, 0.6) is 5.75 Å². The van der Waals surface area contributed by atoms with Gasteiger partial charge >= 0.3 is 0 Å². The van der Waals surface area contributed by atoms with Crippen molar-refractivity contribution in [2.75, 3.05) is 20.2 Å². The summed E-state index contributed by atoms with van der Waals surface area (Å²) in [5.41, 5.74) is 0. The second-order valence-electron chi connectivity index (χ2n) is 4.88. The Morgan fingerprint density at radius 2 is 1.95 bits per heavy atom. The molecule has 2 rings (SSSR count). The molecule has 106 valence electrons. The molecule has 0 amide bonds. The van der Waals surface area contributed by atoms with Crippen LogP contribution in [0.25, 0.3) is 0 Å². The van der Waals surface area contributed by atoms with Gasteiger partial charge in [0.2, 0.25) is 10.0 Å². The Labute approximate surface area is 128 Å². The predicted octanol–water partition coefficient (Wildman–Crippen LogP) is 2.72. The predicted molar refractivity (Wildman–Crippen MR) is 82.9 cm³/mol. The molecule has 1 aromatic carbocycles. The molecule has 0 bridgehead atoms. The first-order chi connectivity index (χ1) is 8.95. The number of piperidine rings is 1. The summed E-state index contributed by atoms with van der Waals surface area (Å²) in [7, 11) is -1.95. The van der Waals surface area contributed by atoms with E-state index in [9.17, 15) is 8.42 Å². The summed E-state index contributed by atoms with van der Waals surface area (Å²) >= 11 is 2.11. The molecule has 1 saturated heterocycles. The molecule has 0 atom stereocenters. The largest absolute Gasteiger partial charge is 0.495 e. The van der Waals surface area contributed by atoms with Gasteiger partial charge in [-0.3, -0.25) is 0 Å². The number of benzene rings is 1. The quantitative estimate of drug-likeness (QED) is 0.740. The van der Waals surface area contributed by atoms with Crippen molar-refractivity contribution >= 4 is 32.6 Å². The van der Waals surface area contributed by atoms with Gasteiger partial charge in [0.05, 0.1) is 7.11 Å². The van der Waals surface area contributed by atoms with Crippen LogP contribution in [0.4, 0.5) is 0 Å². The van der Waals surface area contributed by atoms with Crippen LogP contribution < -0.4 is 4.74 Å². The Bertz CT molecular complexity index is 551. The molecule has 0 N–H and O–H groups in total. The van der Waals surface area contributed by atoms with Gasteiger partial charge in [0.15, 0.2) is 0 Å². The number of rotatable bonds is 3. The van der Waals surface area contributed by atoms with Crippen molar-refractivity contribution < 1.29 is 13.2 Å². The molecule has 0 unspecified atom stereocenters. The molecular weight excluding hydrogens is 377 g/mol. The maximum atomic E-state index is 12.7. The summed E-state index contributed by atoms with van der Waals surface area (Å²) < 4.78 is 33.0. The van der Waals surface area contributed by atoms with E-state index in [1.807, 2.05) is 6.07 Å². The fourth-order valence-electron chi connectivity index (χ4n) is 2.22. The van der Waals surface area contributed by atoms with E-state index in [0.29, 0.717) is 24.8 Å². The van der Waals surface area contributed by atoms with E-state index in [0.717, 1.165) is 16.4 Å². The van der Waals surface area contributed by atoms with E-state index in [1.165, 1.54) is 7.11 Å². The zero-order chi connectivity index (χ0) is 14.0. The van der Waals surface area contributed by atoms with E-state index >= 15 is 0 Å². The average molecular weight is 395 g/mol. The molecular formula is C13H18INO3S. The van der Waals surface area contributed by atoms with Gasteiger partial charge in [-0.25, -0.2) is 8.42 Å². The number of hydrogen-bond acceptors (Lipinski definition) is 3. The topological polar surface area (TPSA) is 46.6 Å². The number of sulfonamides is 1. The zero-order valence-corrected chi connectivity index (χ0v) is 14.1. The molecule has 6 heteroatoms. The molecule has 0 aromatic heterocycles. The number of methoxy groups -OCH3 is 1. The van der Waals surface area contributed by atoms with Gasteiger partial charge in [0, 0.05) is 16.7 Å². The monoisotopic (exact) mass is 395 g/mol. The minimum absolute atomic E-state index is 0.274. The maximum absolute atomic E-state index is 12.7. The fraction of sp³-hybridized carbons (Fsp3) is 0.538. The SMILES string of the molecule is COc1ccc(I)cc1S(=O)(=O)N1CCC(C)CC1. The van der Waals surface area contributed by atoms with E-state index in [1.54, 1.807) is 16.4 Å². The molecule has 19 heavy (non-hydrogen) atoms. The smallest absolute Gasteiger partial charge is 0.246 e. The molecule has 0 saturated carbocycles. The first-order valence-electron chi connectivity index (χ1n) is 6.29. The minimum atomic E-state index is -3.45. The molecule has 1 fully saturated rings. The van der Waals surface area contributed by atoms with Crippen LogP contribution in [0.1, 0.15) is 19.8 Å². The van der Waals surface area contributed by atoms with Crippen LogP contribution in [-0.4, -0.2) is 32.9 Å². The lowest BCUT2D eigenvalue weighted by atomic mass is 10.0. The highest BCUT2D eigenvalue weighted by Gasteiger charge is 2.30. The van der Waals surface area contributed by atoms with Crippen molar-refractivity contribution in [1.29, 1.82) is 0 Å². The Balaban J connectivity index is 2.36. The van der Waals surface area contributed by atoms with Crippen LogP contribution in [0.2, 0.25) is 0 Å².